The number of fused-ring (bicyclic) bond motifs is 1. The maximum Gasteiger partial charge on any atom is 0.227 e. The molecule has 0 atom stereocenters. The highest BCUT2D eigenvalue weighted by Crippen LogP contribution is 2.25. The van der Waals surface area contributed by atoms with E-state index in [1.165, 1.54) is 16.7 Å². The summed E-state index contributed by atoms with van der Waals surface area (Å²) in [7, 11) is 0. The van der Waals surface area contributed by atoms with Gasteiger partial charge < -0.3 is 9.32 Å². The van der Waals surface area contributed by atoms with Gasteiger partial charge >= 0.3 is 0 Å². The molecule has 27 heavy (non-hydrogen) atoms. The van der Waals surface area contributed by atoms with Crippen LogP contribution in [0.5, 0.6) is 0 Å². The Bertz CT molecular complexity index is 941. The largest absolute Gasteiger partial charge is 0.464 e. The number of aryl methyl sites for hydroxylation is 2. The molecule has 0 spiro atoms. The van der Waals surface area contributed by atoms with Gasteiger partial charge in [-0.15, -0.1) is 0 Å². The molecule has 1 fully saturated rings. The lowest BCUT2D eigenvalue weighted by molar-refractivity contribution is -0.132. The van der Waals surface area contributed by atoms with Crippen molar-refractivity contribution in [2.24, 2.45) is 0 Å². The number of amides is 1. The number of benzene rings is 1. The van der Waals surface area contributed by atoms with Crippen molar-refractivity contribution >= 4 is 16.9 Å². The fourth-order valence-corrected chi connectivity index (χ4v) is 3.65. The van der Waals surface area contributed by atoms with Gasteiger partial charge in [-0.05, 0) is 48.7 Å². The molecule has 3 aromatic rings. The van der Waals surface area contributed by atoms with Crippen LogP contribution in [0.25, 0.3) is 11.0 Å². The average Bonchev–Trinajstić information content (AvgIpc) is 3.05. The highest BCUT2D eigenvalue weighted by Gasteiger charge is 2.22. The molecular formula is C22H25N3O2. The van der Waals surface area contributed by atoms with Gasteiger partial charge in [-0.3, -0.25) is 14.7 Å². The summed E-state index contributed by atoms with van der Waals surface area (Å²) in [6.07, 6.45) is 5.84. The zero-order chi connectivity index (χ0) is 18.8. The third-order valence-corrected chi connectivity index (χ3v) is 5.47. The number of carbonyl (C=O) groups excluding carboxylic acids is 1. The Morgan fingerprint density at radius 3 is 2.67 bits per heavy atom. The standard InChI is InChI=1S/C22H25N3O2/c1-16-10-20-19(15-27-21(20)11-17(16)2)12-22(26)25-8-6-24(7-9-25)14-18-4-3-5-23-13-18/h3-5,10-11,13,15H,6-9,12,14H2,1-2H3. The molecule has 3 heterocycles. The first-order chi connectivity index (χ1) is 13.1. The molecule has 1 aliphatic heterocycles. The summed E-state index contributed by atoms with van der Waals surface area (Å²) in [5, 5.41) is 1.06. The minimum Gasteiger partial charge on any atom is -0.464 e. The lowest BCUT2D eigenvalue weighted by Crippen LogP contribution is -2.48. The molecule has 0 N–H and O–H groups in total. The van der Waals surface area contributed by atoms with Crippen molar-refractivity contribution in [2.75, 3.05) is 26.2 Å². The Balaban J connectivity index is 1.37. The number of hydrogen-bond donors (Lipinski definition) is 0. The number of furan rings is 1. The minimum atomic E-state index is 0.178. The Hall–Kier alpha value is -2.66. The Morgan fingerprint density at radius 2 is 1.93 bits per heavy atom. The summed E-state index contributed by atoms with van der Waals surface area (Å²) in [5.41, 5.74) is 5.49. The number of piperazine rings is 1. The lowest BCUT2D eigenvalue weighted by atomic mass is 10.0. The molecule has 140 valence electrons. The summed E-state index contributed by atoms with van der Waals surface area (Å²) in [5.74, 6) is 0.178. The molecule has 0 bridgehead atoms. The Labute approximate surface area is 159 Å². The van der Waals surface area contributed by atoms with E-state index >= 15 is 0 Å². The molecule has 1 amide bonds. The monoisotopic (exact) mass is 363 g/mol. The predicted molar refractivity (Wildman–Crippen MR) is 105 cm³/mol. The summed E-state index contributed by atoms with van der Waals surface area (Å²) in [4.78, 5) is 21.3. The van der Waals surface area contributed by atoms with Crippen LogP contribution in [0.3, 0.4) is 0 Å². The van der Waals surface area contributed by atoms with E-state index in [4.69, 9.17) is 4.42 Å². The second kappa shape index (κ2) is 7.53. The van der Waals surface area contributed by atoms with Gasteiger partial charge in [0.05, 0.1) is 12.7 Å². The fraction of sp³-hybridized carbons (Fsp3) is 0.364. The van der Waals surface area contributed by atoms with Gasteiger partial charge in [-0.25, -0.2) is 0 Å². The number of nitrogens with zero attached hydrogens (tertiary/aromatic N) is 3. The second-order valence-corrected chi connectivity index (χ2v) is 7.39. The van der Waals surface area contributed by atoms with Crippen LogP contribution in [-0.4, -0.2) is 46.9 Å². The summed E-state index contributed by atoms with van der Waals surface area (Å²) in [6, 6.07) is 8.24. The second-order valence-electron chi connectivity index (χ2n) is 7.39. The van der Waals surface area contributed by atoms with E-state index in [9.17, 15) is 4.79 Å². The highest BCUT2D eigenvalue weighted by atomic mass is 16.3. The molecule has 5 nitrogen and oxygen atoms in total. The van der Waals surface area contributed by atoms with Crippen LogP contribution in [-0.2, 0) is 17.8 Å². The molecule has 1 aromatic carbocycles. The molecule has 0 aliphatic carbocycles. The molecule has 0 saturated carbocycles. The van der Waals surface area contributed by atoms with Gasteiger partial charge in [0, 0.05) is 56.1 Å². The van der Waals surface area contributed by atoms with Crippen molar-refractivity contribution in [3.63, 3.8) is 0 Å². The number of carbonyl (C=O) groups is 1. The molecule has 4 rings (SSSR count). The van der Waals surface area contributed by atoms with Crippen LogP contribution in [0.2, 0.25) is 0 Å². The Morgan fingerprint density at radius 1 is 1.15 bits per heavy atom. The van der Waals surface area contributed by atoms with E-state index in [1.54, 1.807) is 12.5 Å². The van der Waals surface area contributed by atoms with Gasteiger partial charge in [-0.1, -0.05) is 6.07 Å². The van der Waals surface area contributed by atoms with Crippen LogP contribution in [0.4, 0.5) is 0 Å². The van der Waals surface area contributed by atoms with Gasteiger partial charge in [-0.2, -0.15) is 0 Å². The maximum absolute atomic E-state index is 12.8. The van der Waals surface area contributed by atoms with Crippen LogP contribution < -0.4 is 0 Å². The van der Waals surface area contributed by atoms with Crippen molar-refractivity contribution < 1.29 is 9.21 Å². The normalized spacial score (nSPS) is 15.4. The number of aromatic nitrogens is 1. The van der Waals surface area contributed by atoms with Crippen molar-refractivity contribution in [3.05, 3.63) is 65.2 Å². The average molecular weight is 363 g/mol. The fourth-order valence-electron chi connectivity index (χ4n) is 3.65. The SMILES string of the molecule is Cc1cc2occ(CC(=O)N3CCN(Cc4cccnc4)CC3)c2cc1C. The van der Waals surface area contributed by atoms with Gasteiger partial charge in [0.25, 0.3) is 0 Å². The van der Waals surface area contributed by atoms with Gasteiger partial charge in [0.15, 0.2) is 0 Å². The number of rotatable bonds is 4. The van der Waals surface area contributed by atoms with E-state index in [0.717, 1.165) is 49.3 Å². The molecule has 0 unspecified atom stereocenters. The molecular weight excluding hydrogens is 338 g/mol. The van der Waals surface area contributed by atoms with Gasteiger partial charge in [0.2, 0.25) is 5.91 Å². The number of pyridine rings is 1. The van der Waals surface area contributed by atoms with E-state index in [-0.39, 0.29) is 5.91 Å². The molecule has 0 radical (unpaired) electrons. The quantitative estimate of drug-likeness (QED) is 0.713. The van der Waals surface area contributed by atoms with Crippen molar-refractivity contribution in [1.29, 1.82) is 0 Å². The van der Waals surface area contributed by atoms with E-state index in [2.05, 4.69) is 41.9 Å². The summed E-state index contributed by atoms with van der Waals surface area (Å²) >= 11 is 0. The molecule has 1 saturated heterocycles. The third kappa shape index (κ3) is 3.88. The zero-order valence-corrected chi connectivity index (χ0v) is 15.9. The van der Waals surface area contributed by atoms with E-state index in [1.807, 2.05) is 17.2 Å². The summed E-state index contributed by atoms with van der Waals surface area (Å²) < 4.78 is 5.67. The van der Waals surface area contributed by atoms with Crippen LogP contribution in [0, 0.1) is 13.8 Å². The van der Waals surface area contributed by atoms with E-state index in [0.29, 0.717) is 6.42 Å². The van der Waals surface area contributed by atoms with Crippen molar-refractivity contribution in [2.45, 2.75) is 26.8 Å². The zero-order valence-electron chi connectivity index (χ0n) is 15.9. The third-order valence-electron chi connectivity index (χ3n) is 5.47. The Kier molecular flexibility index (Phi) is 4.94. The minimum absolute atomic E-state index is 0.178. The molecule has 5 heteroatoms. The number of hydrogen-bond acceptors (Lipinski definition) is 4. The van der Waals surface area contributed by atoms with Crippen molar-refractivity contribution in [1.82, 2.24) is 14.8 Å². The predicted octanol–water partition coefficient (Wildman–Crippen LogP) is 3.33. The lowest BCUT2D eigenvalue weighted by Gasteiger charge is -2.34. The highest BCUT2D eigenvalue weighted by molar-refractivity contribution is 5.88. The van der Waals surface area contributed by atoms with Crippen LogP contribution >= 0.6 is 0 Å². The maximum atomic E-state index is 12.8. The first-order valence-corrected chi connectivity index (χ1v) is 9.46. The smallest absolute Gasteiger partial charge is 0.227 e. The van der Waals surface area contributed by atoms with Gasteiger partial charge in [0.1, 0.15) is 5.58 Å². The summed E-state index contributed by atoms with van der Waals surface area (Å²) in [6.45, 7) is 8.39. The molecule has 2 aromatic heterocycles. The van der Waals surface area contributed by atoms with Crippen LogP contribution in [0.15, 0.2) is 47.3 Å². The first kappa shape index (κ1) is 17.7. The van der Waals surface area contributed by atoms with Crippen molar-refractivity contribution in [3.8, 4) is 0 Å². The van der Waals surface area contributed by atoms with Crippen LogP contribution in [0.1, 0.15) is 22.3 Å². The van der Waals surface area contributed by atoms with E-state index < -0.39 is 0 Å². The molecule has 1 aliphatic rings. The first-order valence-electron chi connectivity index (χ1n) is 9.46. The topological polar surface area (TPSA) is 49.6 Å².